The summed E-state index contributed by atoms with van der Waals surface area (Å²) in [7, 11) is 1.59. The lowest BCUT2D eigenvalue weighted by atomic mass is 9.71. The van der Waals surface area contributed by atoms with E-state index in [9.17, 15) is 14.7 Å². The van der Waals surface area contributed by atoms with Gasteiger partial charge in [-0.3, -0.25) is 9.59 Å². The number of rotatable bonds is 8. The fraction of sp³-hybridized carbons (Fsp3) is 0.423. The third-order valence-corrected chi connectivity index (χ3v) is 6.15. The number of nitrogens with one attached hydrogen (secondary N) is 2. The van der Waals surface area contributed by atoms with E-state index in [0.717, 1.165) is 11.1 Å². The Morgan fingerprint density at radius 1 is 1.30 bits per heavy atom. The van der Waals surface area contributed by atoms with Gasteiger partial charge in [0.1, 0.15) is 5.75 Å². The lowest BCUT2D eigenvalue weighted by molar-refractivity contribution is -0.120. The molecular formula is C26H31N3O4. The van der Waals surface area contributed by atoms with E-state index in [1.807, 2.05) is 26.0 Å². The molecule has 7 nitrogen and oxygen atoms in total. The Labute approximate surface area is 194 Å². The molecule has 0 radical (unpaired) electrons. The van der Waals surface area contributed by atoms with Gasteiger partial charge in [0.2, 0.25) is 5.91 Å². The average Bonchev–Trinajstić information content (AvgIpc) is 2.79. The number of amides is 1. The second kappa shape index (κ2) is 10.2. The molecule has 1 aliphatic rings. The number of nitriles is 1. The van der Waals surface area contributed by atoms with Crippen molar-refractivity contribution in [2.24, 2.45) is 5.41 Å². The summed E-state index contributed by atoms with van der Waals surface area (Å²) in [4.78, 5) is 24.7. The number of benzene rings is 2. The number of nitrogens with zero attached hydrogens (tertiary/aromatic N) is 1. The molecule has 0 saturated heterocycles. The maximum Gasteiger partial charge on any atom is 0.217 e. The SMILES string of the molecule is COc1ccc2c(c1)[C@@H](NC[C@@H](O)C(Cc1cccc(C#N)c1)NC(C)=O)CC(C)(C)C2=O. The van der Waals surface area contributed by atoms with Crippen LogP contribution in [0.25, 0.3) is 0 Å². The van der Waals surface area contributed by atoms with Crippen molar-refractivity contribution in [2.75, 3.05) is 13.7 Å². The molecule has 0 spiro atoms. The normalized spacial score (nSPS) is 18.5. The van der Waals surface area contributed by atoms with Gasteiger partial charge < -0.3 is 20.5 Å². The Bertz CT molecular complexity index is 1070. The molecule has 1 unspecified atom stereocenters. The summed E-state index contributed by atoms with van der Waals surface area (Å²) in [5.74, 6) is 0.518. The summed E-state index contributed by atoms with van der Waals surface area (Å²) < 4.78 is 5.35. The minimum absolute atomic E-state index is 0.0900. The summed E-state index contributed by atoms with van der Waals surface area (Å²) in [6.45, 7) is 5.48. The number of hydrogen-bond donors (Lipinski definition) is 3. The second-order valence-electron chi connectivity index (χ2n) is 9.22. The number of aliphatic hydroxyl groups excluding tert-OH is 1. The third kappa shape index (κ3) is 5.78. The summed E-state index contributed by atoms with van der Waals surface area (Å²) in [6.07, 6.45) is 0.0829. The second-order valence-corrected chi connectivity index (χ2v) is 9.22. The van der Waals surface area contributed by atoms with E-state index < -0.39 is 17.6 Å². The summed E-state index contributed by atoms with van der Waals surface area (Å²) in [5.41, 5.74) is 2.35. The number of aliphatic hydroxyl groups is 1. The van der Waals surface area contributed by atoms with Gasteiger partial charge in [0.25, 0.3) is 0 Å². The topological polar surface area (TPSA) is 111 Å². The highest BCUT2D eigenvalue weighted by atomic mass is 16.5. The number of hydrogen-bond acceptors (Lipinski definition) is 6. The predicted molar refractivity (Wildman–Crippen MR) is 125 cm³/mol. The van der Waals surface area contributed by atoms with Crippen LogP contribution >= 0.6 is 0 Å². The molecule has 3 N–H and O–H groups in total. The van der Waals surface area contributed by atoms with E-state index in [0.29, 0.717) is 29.7 Å². The fourth-order valence-electron chi connectivity index (χ4n) is 4.39. The fourth-order valence-corrected chi connectivity index (χ4v) is 4.39. The van der Waals surface area contributed by atoms with Crippen LogP contribution in [0.2, 0.25) is 0 Å². The van der Waals surface area contributed by atoms with Gasteiger partial charge in [-0.05, 0) is 54.3 Å². The van der Waals surface area contributed by atoms with Crippen LogP contribution in [0.15, 0.2) is 42.5 Å². The molecule has 0 saturated carbocycles. The van der Waals surface area contributed by atoms with Gasteiger partial charge in [-0.25, -0.2) is 0 Å². The molecule has 1 amide bonds. The van der Waals surface area contributed by atoms with Gasteiger partial charge in [-0.1, -0.05) is 26.0 Å². The van der Waals surface area contributed by atoms with Crippen molar-refractivity contribution in [3.63, 3.8) is 0 Å². The van der Waals surface area contributed by atoms with E-state index in [4.69, 9.17) is 10.00 Å². The molecule has 2 aromatic carbocycles. The Hall–Kier alpha value is -3.21. The van der Waals surface area contributed by atoms with Crippen LogP contribution in [-0.2, 0) is 11.2 Å². The van der Waals surface area contributed by atoms with Gasteiger partial charge in [-0.2, -0.15) is 5.26 Å². The molecule has 2 aromatic rings. The highest BCUT2D eigenvalue weighted by molar-refractivity contribution is 6.02. The van der Waals surface area contributed by atoms with Crippen molar-refractivity contribution < 1.29 is 19.4 Å². The Morgan fingerprint density at radius 3 is 2.73 bits per heavy atom. The minimum atomic E-state index is -0.880. The monoisotopic (exact) mass is 449 g/mol. The summed E-state index contributed by atoms with van der Waals surface area (Å²) >= 11 is 0. The van der Waals surface area contributed by atoms with Gasteiger partial charge in [0, 0.05) is 30.5 Å². The number of methoxy groups -OCH3 is 1. The molecule has 7 heteroatoms. The molecule has 1 aliphatic carbocycles. The molecule has 0 aliphatic heterocycles. The zero-order chi connectivity index (χ0) is 24.2. The zero-order valence-electron chi connectivity index (χ0n) is 19.5. The van der Waals surface area contributed by atoms with Gasteiger partial charge in [0.05, 0.1) is 30.9 Å². The minimum Gasteiger partial charge on any atom is -0.497 e. The van der Waals surface area contributed by atoms with Crippen molar-refractivity contribution in [3.05, 3.63) is 64.7 Å². The lowest BCUT2D eigenvalue weighted by Gasteiger charge is -2.37. The Balaban J connectivity index is 1.78. The van der Waals surface area contributed by atoms with Crippen LogP contribution in [0.1, 0.15) is 60.3 Å². The van der Waals surface area contributed by atoms with Crippen LogP contribution < -0.4 is 15.4 Å². The van der Waals surface area contributed by atoms with E-state index >= 15 is 0 Å². The lowest BCUT2D eigenvalue weighted by Crippen LogP contribution is -2.49. The maximum atomic E-state index is 12.9. The van der Waals surface area contributed by atoms with E-state index in [2.05, 4.69) is 16.7 Å². The van der Waals surface area contributed by atoms with E-state index in [1.165, 1.54) is 6.92 Å². The van der Waals surface area contributed by atoms with Crippen molar-refractivity contribution in [3.8, 4) is 11.8 Å². The van der Waals surface area contributed by atoms with Crippen molar-refractivity contribution >= 4 is 11.7 Å². The largest absolute Gasteiger partial charge is 0.497 e. The van der Waals surface area contributed by atoms with Crippen LogP contribution in [0.4, 0.5) is 0 Å². The van der Waals surface area contributed by atoms with Crippen molar-refractivity contribution in [1.29, 1.82) is 5.26 Å². The average molecular weight is 450 g/mol. The number of fused-ring (bicyclic) bond motifs is 1. The Kier molecular flexibility index (Phi) is 7.52. The van der Waals surface area contributed by atoms with Crippen LogP contribution in [0.5, 0.6) is 5.75 Å². The van der Waals surface area contributed by atoms with Crippen LogP contribution in [-0.4, -0.2) is 42.6 Å². The Morgan fingerprint density at radius 2 is 2.06 bits per heavy atom. The van der Waals surface area contributed by atoms with E-state index in [1.54, 1.807) is 37.4 Å². The molecule has 174 valence electrons. The first kappa shape index (κ1) is 24.4. The van der Waals surface area contributed by atoms with Gasteiger partial charge in [0.15, 0.2) is 5.78 Å². The molecular weight excluding hydrogens is 418 g/mol. The molecule has 3 atom stereocenters. The first-order valence-electron chi connectivity index (χ1n) is 11.0. The van der Waals surface area contributed by atoms with Crippen molar-refractivity contribution in [2.45, 2.75) is 51.8 Å². The van der Waals surface area contributed by atoms with Gasteiger partial charge >= 0.3 is 0 Å². The number of carbonyl (C=O) groups excluding carboxylic acids is 2. The predicted octanol–water partition coefficient (Wildman–Crippen LogP) is 2.92. The number of ether oxygens (including phenoxy) is 1. The summed E-state index contributed by atoms with van der Waals surface area (Å²) in [5, 5.41) is 26.4. The molecule has 0 aromatic heterocycles. The molecule has 0 fully saturated rings. The zero-order valence-corrected chi connectivity index (χ0v) is 19.5. The number of carbonyl (C=O) groups is 2. The van der Waals surface area contributed by atoms with Gasteiger partial charge in [-0.15, -0.1) is 0 Å². The smallest absolute Gasteiger partial charge is 0.217 e. The molecule has 0 heterocycles. The quantitative estimate of drug-likeness (QED) is 0.571. The first-order valence-corrected chi connectivity index (χ1v) is 11.0. The molecule has 0 bridgehead atoms. The number of Topliss-reactive ketones (excluding diaryl/α,β-unsaturated/α-hetero) is 1. The standard InChI is InChI=1S/C26H31N3O4/c1-16(30)29-22(11-17-6-5-7-18(10-17)14-27)24(31)15-28-23-13-26(2,3)25(32)20-9-8-19(33-4)12-21(20)23/h5-10,12,22-24,28,31H,11,13,15H2,1-4H3,(H,29,30)/t22?,23-,24+/m0/s1. The van der Waals surface area contributed by atoms with Crippen molar-refractivity contribution in [1.82, 2.24) is 10.6 Å². The molecule has 3 rings (SSSR count). The first-order chi connectivity index (χ1) is 15.6. The highest BCUT2D eigenvalue weighted by Gasteiger charge is 2.39. The van der Waals surface area contributed by atoms with Crippen LogP contribution in [0, 0.1) is 16.7 Å². The van der Waals surface area contributed by atoms with E-state index in [-0.39, 0.29) is 24.3 Å². The number of ketones is 1. The van der Waals surface area contributed by atoms with Crippen LogP contribution in [0.3, 0.4) is 0 Å². The highest BCUT2D eigenvalue weighted by Crippen LogP contribution is 2.41. The summed E-state index contributed by atoms with van der Waals surface area (Å²) in [6, 6.07) is 14.0. The molecule has 33 heavy (non-hydrogen) atoms. The third-order valence-electron chi connectivity index (χ3n) is 6.15. The maximum absolute atomic E-state index is 12.9.